The number of nitrogens with one attached hydrogen (secondary N) is 1. The van der Waals surface area contributed by atoms with Gasteiger partial charge in [0.2, 0.25) is 5.91 Å². The van der Waals surface area contributed by atoms with E-state index in [2.05, 4.69) is 5.32 Å². The van der Waals surface area contributed by atoms with Crippen molar-refractivity contribution < 1.29 is 34.1 Å². The van der Waals surface area contributed by atoms with Crippen molar-refractivity contribution in [1.82, 2.24) is 10.2 Å². The molecular weight excluding hydrogens is 512 g/mol. The van der Waals surface area contributed by atoms with Crippen molar-refractivity contribution in [2.75, 3.05) is 13.2 Å². The molecule has 208 valence electrons. The number of carboxylic acids is 1. The Balaban J connectivity index is 1.31. The number of alkyl carbamates (subject to hydrolysis) is 1. The number of likely N-dealkylation sites (tertiary alicyclic amines) is 1. The van der Waals surface area contributed by atoms with Crippen LogP contribution >= 0.6 is 0 Å². The van der Waals surface area contributed by atoms with Crippen LogP contribution in [0.3, 0.4) is 0 Å². The van der Waals surface area contributed by atoms with Crippen molar-refractivity contribution in [2.24, 2.45) is 0 Å². The largest absolute Gasteiger partial charge is 0.480 e. The maximum atomic E-state index is 13.6. The van der Waals surface area contributed by atoms with Crippen LogP contribution in [0.15, 0.2) is 78.9 Å². The lowest BCUT2D eigenvalue weighted by Crippen LogP contribution is -2.56. The Hall–Kier alpha value is -4.21. The number of aliphatic carboxylic acids is 1. The number of fused-ring (bicyclic) bond motifs is 3. The smallest absolute Gasteiger partial charge is 0.407 e. The second-order valence-electron chi connectivity index (χ2n) is 10.2. The predicted octanol–water partition coefficient (Wildman–Crippen LogP) is 3.55. The van der Waals surface area contributed by atoms with Crippen LogP contribution in [0.5, 0.6) is 0 Å². The molecule has 3 N–H and O–H groups in total. The first kappa shape index (κ1) is 27.4. The molecule has 0 spiro atoms. The van der Waals surface area contributed by atoms with E-state index in [4.69, 9.17) is 9.47 Å². The molecule has 40 heavy (non-hydrogen) atoms. The minimum Gasteiger partial charge on any atom is -0.480 e. The number of amides is 2. The molecule has 1 aliphatic carbocycles. The Morgan fingerprint density at radius 1 is 0.950 bits per heavy atom. The topological polar surface area (TPSA) is 125 Å². The third-order valence-corrected chi connectivity index (χ3v) is 7.56. The Morgan fingerprint density at radius 2 is 1.55 bits per heavy atom. The van der Waals surface area contributed by atoms with Gasteiger partial charge in [-0.15, -0.1) is 0 Å². The first-order chi connectivity index (χ1) is 19.3. The molecule has 9 nitrogen and oxygen atoms in total. The Bertz CT molecular complexity index is 1330. The molecule has 9 heteroatoms. The van der Waals surface area contributed by atoms with Crippen molar-refractivity contribution in [1.29, 1.82) is 0 Å². The highest BCUT2D eigenvalue weighted by molar-refractivity contribution is 5.90. The molecule has 2 unspecified atom stereocenters. The summed E-state index contributed by atoms with van der Waals surface area (Å²) in [6.07, 6.45) is -2.69. The number of nitrogens with zero attached hydrogens (tertiary/aromatic N) is 1. The van der Waals surface area contributed by atoms with E-state index in [9.17, 15) is 24.6 Å². The molecule has 0 radical (unpaired) electrons. The fourth-order valence-corrected chi connectivity index (χ4v) is 5.52. The van der Waals surface area contributed by atoms with Gasteiger partial charge in [-0.05, 0) is 34.7 Å². The number of β-amino-alcohol motifs (C(OH)–C–C–N with tert-alkyl or cyclic N) is 1. The van der Waals surface area contributed by atoms with Gasteiger partial charge in [-0.25, -0.2) is 9.59 Å². The van der Waals surface area contributed by atoms with Crippen molar-refractivity contribution in [3.05, 3.63) is 95.6 Å². The van der Waals surface area contributed by atoms with Gasteiger partial charge in [-0.2, -0.15) is 0 Å². The van der Waals surface area contributed by atoms with Gasteiger partial charge in [-0.3, -0.25) is 4.79 Å². The average Bonchev–Trinajstić information content (AvgIpc) is 3.52. The summed E-state index contributed by atoms with van der Waals surface area (Å²) in [6, 6.07) is 22.9. The van der Waals surface area contributed by atoms with Crippen LogP contribution < -0.4 is 5.32 Å². The third-order valence-electron chi connectivity index (χ3n) is 7.56. The van der Waals surface area contributed by atoms with Crippen LogP contribution in [0, 0.1) is 0 Å². The first-order valence-electron chi connectivity index (χ1n) is 13.3. The summed E-state index contributed by atoms with van der Waals surface area (Å²) >= 11 is 0. The van der Waals surface area contributed by atoms with E-state index < -0.39 is 42.3 Å². The van der Waals surface area contributed by atoms with E-state index in [1.165, 1.54) is 0 Å². The van der Waals surface area contributed by atoms with Gasteiger partial charge in [0.15, 0.2) is 0 Å². The summed E-state index contributed by atoms with van der Waals surface area (Å²) in [7, 11) is 0. The zero-order valence-corrected chi connectivity index (χ0v) is 22.1. The van der Waals surface area contributed by atoms with Gasteiger partial charge in [-0.1, -0.05) is 78.9 Å². The van der Waals surface area contributed by atoms with Crippen LogP contribution in [-0.2, 0) is 25.7 Å². The number of ether oxygens (including phenoxy) is 2. The predicted molar refractivity (Wildman–Crippen MR) is 146 cm³/mol. The second kappa shape index (κ2) is 11.9. The lowest BCUT2D eigenvalue weighted by atomic mass is 9.98. The fraction of sp³-hybridized carbons (Fsp3) is 0.323. The molecule has 3 aromatic carbocycles. The molecule has 0 aromatic heterocycles. The molecule has 1 heterocycles. The highest BCUT2D eigenvalue weighted by atomic mass is 16.5. The molecule has 2 aliphatic rings. The van der Waals surface area contributed by atoms with Crippen LogP contribution in [0.1, 0.15) is 36.0 Å². The summed E-state index contributed by atoms with van der Waals surface area (Å²) < 4.78 is 11.6. The number of carbonyl (C=O) groups is 3. The number of aliphatic hydroxyl groups is 1. The molecule has 2 amide bonds. The third kappa shape index (κ3) is 5.71. The lowest BCUT2D eigenvalue weighted by molar-refractivity contribution is -0.150. The lowest BCUT2D eigenvalue weighted by Gasteiger charge is -2.30. The van der Waals surface area contributed by atoms with Crippen LogP contribution in [0.4, 0.5) is 4.79 Å². The number of rotatable bonds is 9. The SMILES string of the molecule is CC(OCc1ccccc1)C(NC(=O)OCC1c2ccccc2-c2ccccc21)C(=O)N1C[C@@H](O)C[C@H]1C(=O)O. The minimum atomic E-state index is -1.23. The van der Waals surface area contributed by atoms with Crippen LogP contribution in [-0.4, -0.2) is 70.5 Å². The standard InChI is InChI=1S/C31H32N2O7/c1-19(39-17-20-9-3-2-4-10-20)28(29(35)33-16-21(34)15-27(33)30(36)37)32-31(38)40-18-26-24-13-7-5-11-22(24)23-12-6-8-14-25(23)26/h2-14,19,21,26-28,34H,15-18H2,1H3,(H,32,38)(H,36,37)/t19?,21-,27-,28?/m0/s1. The summed E-state index contributed by atoms with van der Waals surface area (Å²) in [6.45, 7) is 1.73. The minimum absolute atomic E-state index is 0.0558. The number of carbonyl (C=O) groups excluding carboxylic acids is 2. The van der Waals surface area contributed by atoms with E-state index in [0.29, 0.717) is 0 Å². The van der Waals surface area contributed by atoms with Crippen molar-refractivity contribution >= 4 is 18.0 Å². The summed E-state index contributed by atoms with van der Waals surface area (Å²) in [5, 5.41) is 22.3. The van der Waals surface area contributed by atoms with Gasteiger partial charge in [0.05, 0.1) is 18.8 Å². The van der Waals surface area contributed by atoms with E-state index in [0.717, 1.165) is 32.7 Å². The number of hydrogen-bond donors (Lipinski definition) is 3. The maximum absolute atomic E-state index is 13.6. The normalized spacial score (nSPS) is 19.4. The summed E-state index contributed by atoms with van der Waals surface area (Å²) in [5.74, 6) is -2.04. The molecule has 1 saturated heterocycles. The first-order valence-corrected chi connectivity index (χ1v) is 13.3. The van der Waals surface area contributed by atoms with Crippen molar-refractivity contribution in [2.45, 2.75) is 50.2 Å². The number of benzene rings is 3. The fourth-order valence-electron chi connectivity index (χ4n) is 5.52. The van der Waals surface area contributed by atoms with Crippen LogP contribution in [0.2, 0.25) is 0 Å². The van der Waals surface area contributed by atoms with Crippen molar-refractivity contribution in [3.8, 4) is 11.1 Å². The van der Waals surface area contributed by atoms with E-state index in [1.54, 1.807) is 6.92 Å². The highest BCUT2D eigenvalue weighted by Gasteiger charge is 2.43. The quantitative estimate of drug-likeness (QED) is 0.376. The molecule has 0 saturated carbocycles. The van der Waals surface area contributed by atoms with Crippen LogP contribution in [0.25, 0.3) is 11.1 Å². The van der Waals surface area contributed by atoms with Gasteiger partial charge in [0.25, 0.3) is 0 Å². The molecule has 5 rings (SSSR count). The molecule has 3 aromatic rings. The molecule has 1 fully saturated rings. The zero-order valence-electron chi connectivity index (χ0n) is 22.1. The van der Waals surface area contributed by atoms with E-state index in [1.807, 2.05) is 78.9 Å². The van der Waals surface area contributed by atoms with E-state index >= 15 is 0 Å². The molecular formula is C31H32N2O7. The summed E-state index contributed by atoms with van der Waals surface area (Å²) in [5.41, 5.74) is 5.17. The Morgan fingerprint density at radius 3 is 2.17 bits per heavy atom. The molecule has 1 aliphatic heterocycles. The molecule has 0 bridgehead atoms. The average molecular weight is 545 g/mol. The Kier molecular flexibility index (Phi) is 8.14. The monoisotopic (exact) mass is 544 g/mol. The molecule has 4 atom stereocenters. The number of hydrogen-bond acceptors (Lipinski definition) is 6. The second-order valence-corrected chi connectivity index (χ2v) is 10.2. The zero-order chi connectivity index (χ0) is 28.2. The van der Waals surface area contributed by atoms with Gasteiger partial charge < -0.3 is 29.9 Å². The highest BCUT2D eigenvalue weighted by Crippen LogP contribution is 2.44. The maximum Gasteiger partial charge on any atom is 0.407 e. The number of aliphatic hydroxyl groups excluding tert-OH is 1. The van der Waals surface area contributed by atoms with Gasteiger partial charge in [0, 0.05) is 18.9 Å². The van der Waals surface area contributed by atoms with Crippen molar-refractivity contribution in [3.63, 3.8) is 0 Å². The number of carboxylic acid groups (broad SMARTS) is 1. The summed E-state index contributed by atoms with van der Waals surface area (Å²) in [4.78, 5) is 39.5. The van der Waals surface area contributed by atoms with E-state index in [-0.39, 0.29) is 32.1 Å². The van der Waals surface area contributed by atoms with Gasteiger partial charge >= 0.3 is 12.1 Å². The Labute approximate surface area is 232 Å². The van der Waals surface area contributed by atoms with Gasteiger partial charge in [0.1, 0.15) is 18.7 Å².